The molecule has 5 heteroatoms. The van der Waals surface area contributed by atoms with Crippen LogP contribution in [0.15, 0.2) is 24.3 Å². The first-order valence-electron chi connectivity index (χ1n) is 8.06. The van der Waals surface area contributed by atoms with Gasteiger partial charge in [0, 0.05) is 22.9 Å². The molecule has 1 aromatic rings. The number of benzene rings is 1. The molecule has 0 saturated heterocycles. The molecule has 1 aliphatic carbocycles. The van der Waals surface area contributed by atoms with Crippen molar-refractivity contribution in [1.82, 2.24) is 5.32 Å². The van der Waals surface area contributed by atoms with E-state index in [9.17, 15) is 9.59 Å². The number of rotatable bonds is 5. The molecule has 0 bridgehead atoms. The largest absolute Gasteiger partial charge is 0.481 e. The molecule has 2 N–H and O–H groups in total. The summed E-state index contributed by atoms with van der Waals surface area (Å²) in [6, 6.07) is 7.68. The van der Waals surface area contributed by atoms with Crippen LogP contribution < -0.4 is 5.32 Å². The minimum atomic E-state index is -0.744. The summed E-state index contributed by atoms with van der Waals surface area (Å²) in [5.41, 5.74) is 0.874. The third-order valence-corrected chi connectivity index (χ3v) is 4.99. The molecule has 0 heterocycles. The van der Waals surface area contributed by atoms with Crippen molar-refractivity contribution in [1.29, 1.82) is 0 Å². The fourth-order valence-corrected chi connectivity index (χ4v) is 3.26. The van der Waals surface area contributed by atoms with E-state index in [0.29, 0.717) is 37.3 Å². The molecule has 1 aliphatic rings. The van der Waals surface area contributed by atoms with Crippen LogP contribution in [0.2, 0.25) is 5.02 Å². The van der Waals surface area contributed by atoms with E-state index in [1.165, 1.54) is 0 Å². The van der Waals surface area contributed by atoms with Crippen molar-refractivity contribution in [3.63, 3.8) is 0 Å². The van der Waals surface area contributed by atoms with Crippen molar-refractivity contribution in [2.45, 2.75) is 44.9 Å². The van der Waals surface area contributed by atoms with Crippen LogP contribution in [0.1, 0.15) is 45.1 Å². The molecule has 0 unspecified atom stereocenters. The predicted octanol–water partition coefficient (Wildman–Crippen LogP) is 3.62. The average Bonchev–Trinajstić information content (AvgIpc) is 2.53. The van der Waals surface area contributed by atoms with E-state index in [1.54, 1.807) is 0 Å². The highest BCUT2D eigenvalue weighted by Crippen LogP contribution is 2.30. The molecule has 1 aromatic carbocycles. The van der Waals surface area contributed by atoms with Crippen molar-refractivity contribution in [2.24, 2.45) is 11.8 Å². The summed E-state index contributed by atoms with van der Waals surface area (Å²) in [5.74, 6) is -1.07. The van der Waals surface area contributed by atoms with Gasteiger partial charge in [-0.2, -0.15) is 0 Å². The average molecular weight is 338 g/mol. The highest BCUT2D eigenvalue weighted by Gasteiger charge is 2.30. The number of aliphatic carboxylic acids is 1. The van der Waals surface area contributed by atoms with Crippen molar-refractivity contribution in [3.05, 3.63) is 34.9 Å². The van der Waals surface area contributed by atoms with Crippen LogP contribution in [0.25, 0.3) is 0 Å². The minimum Gasteiger partial charge on any atom is -0.481 e. The van der Waals surface area contributed by atoms with Crippen LogP contribution in [0, 0.1) is 11.8 Å². The molecule has 0 radical (unpaired) electrons. The number of amides is 1. The second kappa shape index (κ2) is 7.35. The Morgan fingerprint density at radius 2 is 1.83 bits per heavy atom. The van der Waals surface area contributed by atoms with Crippen molar-refractivity contribution < 1.29 is 14.7 Å². The minimum absolute atomic E-state index is 0.0314. The summed E-state index contributed by atoms with van der Waals surface area (Å²) < 4.78 is 0. The number of hydrogen-bond donors (Lipinski definition) is 2. The lowest BCUT2D eigenvalue weighted by molar-refractivity contribution is -0.144. The Bertz CT molecular complexity index is 577. The number of carboxylic acids is 1. The van der Waals surface area contributed by atoms with E-state index in [0.717, 1.165) is 5.56 Å². The molecular formula is C18H24ClNO3. The number of hydrogen-bond acceptors (Lipinski definition) is 2. The topological polar surface area (TPSA) is 66.4 Å². The molecule has 0 aliphatic heterocycles. The zero-order valence-corrected chi connectivity index (χ0v) is 14.4. The van der Waals surface area contributed by atoms with Gasteiger partial charge < -0.3 is 10.4 Å². The Morgan fingerprint density at radius 1 is 1.22 bits per heavy atom. The van der Waals surface area contributed by atoms with Crippen molar-refractivity contribution >= 4 is 23.5 Å². The number of carbonyl (C=O) groups is 2. The molecule has 126 valence electrons. The highest BCUT2D eigenvalue weighted by atomic mass is 35.5. The SMILES string of the molecule is CC(C)(CNC(=O)C1CCC(C(=O)O)CC1)c1cccc(Cl)c1. The third kappa shape index (κ3) is 4.71. The van der Waals surface area contributed by atoms with Crippen LogP contribution in [0.3, 0.4) is 0 Å². The molecular weight excluding hydrogens is 314 g/mol. The van der Waals surface area contributed by atoms with Gasteiger partial charge in [0.15, 0.2) is 0 Å². The van der Waals surface area contributed by atoms with E-state index in [-0.39, 0.29) is 23.2 Å². The van der Waals surface area contributed by atoms with Crippen LogP contribution in [0.5, 0.6) is 0 Å². The summed E-state index contributed by atoms with van der Waals surface area (Å²) in [7, 11) is 0. The Morgan fingerprint density at radius 3 is 2.39 bits per heavy atom. The van der Waals surface area contributed by atoms with Gasteiger partial charge in [-0.05, 0) is 43.4 Å². The smallest absolute Gasteiger partial charge is 0.306 e. The van der Waals surface area contributed by atoms with E-state index < -0.39 is 5.97 Å². The maximum atomic E-state index is 12.3. The summed E-state index contributed by atoms with van der Waals surface area (Å²) in [4.78, 5) is 23.3. The van der Waals surface area contributed by atoms with Gasteiger partial charge >= 0.3 is 5.97 Å². The second-order valence-electron chi connectivity index (χ2n) is 7.00. The molecule has 1 amide bonds. The first-order valence-corrected chi connectivity index (χ1v) is 8.44. The van der Waals surface area contributed by atoms with Crippen LogP contribution in [0.4, 0.5) is 0 Å². The maximum Gasteiger partial charge on any atom is 0.306 e. The van der Waals surface area contributed by atoms with Gasteiger partial charge in [-0.1, -0.05) is 37.6 Å². The number of halogens is 1. The molecule has 2 rings (SSSR count). The van der Waals surface area contributed by atoms with Gasteiger partial charge in [-0.15, -0.1) is 0 Å². The van der Waals surface area contributed by atoms with Crippen molar-refractivity contribution in [2.75, 3.05) is 6.54 Å². The Kier molecular flexibility index (Phi) is 5.69. The zero-order chi connectivity index (χ0) is 17.0. The van der Waals surface area contributed by atoms with Gasteiger partial charge in [0.05, 0.1) is 5.92 Å². The summed E-state index contributed by atoms with van der Waals surface area (Å²) in [6.07, 6.45) is 2.48. The number of nitrogens with one attached hydrogen (secondary N) is 1. The van der Waals surface area contributed by atoms with Gasteiger partial charge in [-0.25, -0.2) is 0 Å². The maximum absolute atomic E-state index is 12.3. The van der Waals surface area contributed by atoms with Gasteiger partial charge in [0.25, 0.3) is 0 Å². The summed E-state index contributed by atoms with van der Waals surface area (Å²) in [5, 5.41) is 12.7. The molecule has 23 heavy (non-hydrogen) atoms. The third-order valence-electron chi connectivity index (χ3n) is 4.76. The zero-order valence-electron chi connectivity index (χ0n) is 13.6. The first-order chi connectivity index (χ1) is 10.8. The van der Waals surface area contributed by atoms with Crippen molar-refractivity contribution in [3.8, 4) is 0 Å². The lowest BCUT2D eigenvalue weighted by atomic mass is 9.81. The fourth-order valence-electron chi connectivity index (χ4n) is 3.07. The normalized spacial score (nSPS) is 21.7. The standard InChI is InChI=1S/C18H24ClNO3/c1-18(2,14-4-3-5-15(19)10-14)11-20-16(21)12-6-8-13(9-7-12)17(22)23/h3-5,10,12-13H,6-9,11H2,1-2H3,(H,20,21)(H,22,23). The molecule has 1 fully saturated rings. The quantitative estimate of drug-likeness (QED) is 0.862. The summed E-state index contributed by atoms with van der Waals surface area (Å²) in [6.45, 7) is 4.67. The monoisotopic (exact) mass is 337 g/mol. The number of carboxylic acid groups (broad SMARTS) is 1. The number of carbonyl (C=O) groups excluding carboxylic acids is 1. The Balaban J connectivity index is 1.88. The molecule has 0 aromatic heterocycles. The lowest BCUT2D eigenvalue weighted by Gasteiger charge is -2.29. The Labute approximate surface area is 142 Å². The van der Waals surface area contributed by atoms with Crippen LogP contribution >= 0.6 is 11.6 Å². The molecule has 4 nitrogen and oxygen atoms in total. The molecule has 0 atom stereocenters. The van der Waals surface area contributed by atoms with E-state index in [4.69, 9.17) is 16.7 Å². The van der Waals surface area contributed by atoms with Crippen LogP contribution in [-0.4, -0.2) is 23.5 Å². The van der Waals surface area contributed by atoms with Gasteiger partial charge in [-0.3, -0.25) is 9.59 Å². The molecule has 1 saturated carbocycles. The predicted molar refractivity (Wildman–Crippen MR) is 90.6 cm³/mol. The Hall–Kier alpha value is -1.55. The molecule has 0 spiro atoms. The first kappa shape index (κ1) is 17.8. The second-order valence-corrected chi connectivity index (χ2v) is 7.44. The lowest BCUT2D eigenvalue weighted by Crippen LogP contribution is -2.41. The highest BCUT2D eigenvalue weighted by molar-refractivity contribution is 6.30. The van der Waals surface area contributed by atoms with Gasteiger partial charge in [0.1, 0.15) is 0 Å². The van der Waals surface area contributed by atoms with Gasteiger partial charge in [0.2, 0.25) is 5.91 Å². The fraction of sp³-hybridized carbons (Fsp3) is 0.556. The van der Waals surface area contributed by atoms with Crippen LogP contribution in [-0.2, 0) is 15.0 Å². The summed E-state index contributed by atoms with van der Waals surface area (Å²) >= 11 is 6.04. The van der Waals surface area contributed by atoms with E-state index >= 15 is 0 Å². The van der Waals surface area contributed by atoms with E-state index in [1.807, 2.05) is 24.3 Å². The van der Waals surface area contributed by atoms with E-state index in [2.05, 4.69) is 19.2 Å².